The topological polar surface area (TPSA) is 91.4 Å². The van der Waals surface area contributed by atoms with E-state index in [0.29, 0.717) is 30.6 Å². The van der Waals surface area contributed by atoms with Crippen molar-refractivity contribution >= 4 is 18.1 Å². The van der Waals surface area contributed by atoms with Crippen molar-refractivity contribution in [2.75, 3.05) is 46.1 Å². The molecule has 51 heavy (non-hydrogen) atoms. The predicted octanol–water partition coefficient (Wildman–Crippen LogP) is 10.6. The van der Waals surface area contributed by atoms with Crippen molar-refractivity contribution in [3.8, 4) is 0 Å². The normalized spacial score (nSPS) is 22.4. The molecule has 3 atom stereocenters. The van der Waals surface area contributed by atoms with Crippen molar-refractivity contribution in [3.05, 3.63) is 24.3 Å². The Morgan fingerprint density at radius 2 is 1.27 bits per heavy atom. The molecule has 0 aromatic heterocycles. The van der Waals surface area contributed by atoms with Crippen LogP contribution >= 0.6 is 0 Å². The highest BCUT2D eigenvalue weighted by Crippen LogP contribution is 2.54. The Morgan fingerprint density at radius 1 is 0.686 bits per heavy atom. The van der Waals surface area contributed by atoms with Gasteiger partial charge >= 0.3 is 18.1 Å². The average Bonchev–Trinajstić information content (AvgIpc) is 3.08. The van der Waals surface area contributed by atoms with Gasteiger partial charge in [-0.25, -0.2) is 4.79 Å². The molecule has 2 saturated carbocycles. The van der Waals surface area contributed by atoms with E-state index >= 15 is 0 Å². The van der Waals surface area contributed by atoms with Crippen LogP contribution < -0.4 is 0 Å². The molecule has 2 aliphatic carbocycles. The lowest BCUT2D eigenvalue weighted by Crippen LogP contribution is -2.41. The van der Waals surface area contributed by atoms with Crippen LogP contribution in [0.5, 0.6) is 0 Å². The quantitative estimate of drug-likeness (QED) is 0.0342. The number of hydrogen-bond acceptors (Lipinski definition) is 8. The van der Waals surface area contributed by atoms with Gasteiger partial charge in [0.25, 0.3) is 0 Å². The van der Waals surface area contributed by atoms with E-state index in [1.807, 2.05) is 0 Å². The molecule has 2 fully saturated rings. The molecule has 2 rings (SSSR count). The van der Waals surface area contributed by atoms with Gasteiger partial charge in [-0.15, -0.1) is 0 Å². The minimum absolute atomic E-state index is 0.0199. The third-order valence-corrected chi connectivity index (χ3v) is 10.7. The Balaban J connectivity index is 1.71. The lowest BCUT2D eigenvalue weighted by molar-refractivity contribution is -0.153. The minimum Gasteiger partial charge on any atom is -0.465 e. The van der Waals surface area contributed by atoms with Gasteiger partial charge in [-0.2, -0.15) is 0 Å². The second-order valence-corrected chi connectivity index (χ2v) is 15.8. The van der Waals surface area contributed by atoms with Crippen LogP contribution in [0.4, 0.5) is 4.79 Å². The molecule has 2 bridgehead atoms. The SMILES string of the molecule is CCCCC/C=C\C/C=C\CCCCCCCC(=O)OCC(COC(=O)CC12CC(C)CC(CC(C)C1)C2)COC(=O)OCCCN(CC)CC. The zero-order chi connectivity index (χ0) is 37.2. The first-order chi connectivity index (χ1) is 24.7. The molecule has 0 spiro atoms. The summed E-state index contributed by atoms with van der Waals surface area (Å²) in [7, 11) is 0. The van der Waals surface area contributed by atoms with E-state index in [1.54, 1.807) is 0 Å². The van der Waals surface area contributed by atoms with Gasteiger partial charge in [-0.1, -0.05) is 91.0 Å². The Bertz CT molecular complexity index is 987. The molecule has 0 N–H and O–H groups in total. The molecule has 0 aliphatic heterocycles. The molecule has 0 amide bonds. The largest absolute Gasteiger partial charge is 0.508 e. The fourth-order valence-electron chi connectivity index (χ4n) is 8.41. The van der Waals surface area contributed by atoms with Crippen molar-refractivity contribution in [1.82, 2.24) is 4.90 Å². The maximum Gasteiger partial charge on any atom is 0.508 e. The molecule has 3 unspecified atom stereocenters. The summed E-state index contributed by atoms with van der Waals surface area (Å²) in [4.78, 5) is 40.4. The number of rotatable bonds is 28. The van der Waals surface area contributed by atoms with Gasteiger partial charge in [0.2, 0.25) is 0 Å². The van der Waals surface area contributed by atoms with Gasteiger partial charge in [0.15, 0.2) is 0 Å². The molecular formula is C43H75NO7. The van der Waals surface area contributed by atoms with Crippen molar-refractivity contribution in [2.24, 2.45) is 29.1 Å². The van der Waals surface area contributed by atoms with Crippen molar-refractivity contribution in [2.45, 2.75) is 157 Å². The van der Waals surface area contributed by atoms with Crippen LogP contribution in [0.3, 0.4) is 0 Å². The van der Waals surface area contributed by atoms with Gasteiger partial charge in [-0.05, 0) is 113 Å². The molecule has 8 nitrogen and oxygen atoms in total. The van der Waals surface area contributed by atoms with Gasteiger partial charge in [0.1, 0.15) is 19.8 Å². The monoisotopic (exact) mass is 718 g/mol. The number of esters is 2. The average molecular weight is 718 g/mol. The number of nitrogens with zero attached hydrogens (tertiary/aromatic N) is 1. The highest BCUT2D eigenvalue weighted by atomic mass is 16.7. The number of carbonyl (C=O) groups excluding carboxylic acids is 3. The third-order valence-electron chi connectivity index (χ3n) is 10.7. The Hall–Kier alpha value is -2.35. The molecule has 0 aromatic rings. The summed E-state index contributed by atoms with van der Waals surface area (Å²) in [6.07, 6.45) is 28.0. The number of carbonyl (C=O) groups is 3. The van der Waals surface area contributed by atoms with Gasteiger partial charge < -0.3 is 23.8 Å². The van der Waals surface area contributed by atoms with Crippen LogP contribution in [0.2, 0.25) is 0 Å². The van der Waals surface area contributed by atoms with E-state index in [0.717, 1.165) is 83.8 Å². The van der Waals surface area contributed by atoms with Crippen molar-refractivity contribution in [1.29, 1.82) is 0 Å². The number of unbranched alkanes of at least 4 members (excludes halogenated alkanes) is 8. The first kappa shape index (κ1) is 44.8. The molecule has 0 heterocycles. The zero-order valence-electron chi connectivity index (χ0n) is 33.3. The first-order valence-corrected chi connectivity index (χ1v) is 20.8. The Morgan fingerprint density at radius 3 is 1.92 bits per heavy atom. The maximum absolute atomic E-state index is 13.2. The summed E-state index contributed by atoms with van der Waals surface area (Å²) < 4.78 is 22.1. The number of hydrogen-bond donors (Lipinski definition) is 0. The summed E-state index contributed by atoms with van der Waals surface area (Å²) >= 11 is 0. The fourth-order valence-corrected chi connectivity index (χ4v) is 8.41. The minimum atomic E-state index is -0.750. The Labute approximate surface area is 311 Å². The second-order valence-electron chi connectivity index (χ2n) is 15.8. The lowest BCUT2D eigenvalue weighted by atomic mass is 9.56. The van der Waals surface area contributed by atoms with E-state index in [-0.39, 0.29) is 43.8 Å². The summed E-state index contributed by atoms with van der Waals surface area (Å²) in [6, 6.07) is 0. The van der Waals surface area contributed by atoms with Crippen LogP contribution in [-0.4, -0.2) is 69.1 Å². The van der Waals surface area contributed by atoms with E-state index in [2.05, 4.69) is 63.8 Å². The van der Waals surface area contributed by atoms with Crippen LogP contribution in [0.25, 0.3) is 0 Å². The maximum atomic E-state index is 13.2. The van der Waals surface area contributed by atoms with Gasteiger partial charge in [-0.3, -0.25) is 9.59 Å². The smallest absolute Gasteiger partial charge is 0.465 e. The first-order valence-electron chi connectivity index (χ1n) is 20.8. The summed E-state index contributed by atoms with van der Waals surface area (Å²) in [5, 5.41) is 0. The molecular weight excluding hydrogens is 642 g/mol. The molecule has 2 aliphatic rings. The number of fused-ring (bicyclic) bond motifs is 2. The lowest BCUT2D eigenvalue weighted by Gasteiger charge is -2.49. The third kappa shape index (κ3) is 21.1. The fraction of sp³-hybridized carbons (Fsp3) is 0.837. The molecule has 0 aromatic carbocycles. The van der Waals surface area contributed by atoms with Crippen LogP contribution in [0.1, 0.15) is 157 Å². The van der Waals surface area contributed by atoms with Gasteiger partial charge in [0, 0.05) is 13.0 Å². The zero-order valence-corrected chi connectivity index (χ0v) is 33.3. The number of ether oxygens (including phenoxy) is 4. The molecule has 0 radical (unpaired) electrons. The van der Waals surface area contributed by atoms with E-state index < -0.39 is 12.1 Å². The summed E-state index contributed by atoms with van der Waals surface area (Å²) in [6.45, 7) is 14.1. The standard InChI is InChI=1S/C43H75NO7/c1-6-9-10-11-12-13-14-15-16-17-18-19-20-21-22-24-40(45)49-33-39(35-51-42(47)48-26-23-25-44(7-2)8-3)34-50-41(46)32-43-29-36(4)27-38(31-43)28-37(5)30-43/h12-13,15-16,36-39H,6-11,14,17-35H2,1-5H3/b13-12-,16-15-. The van der Waals surface area contributed by atoms with Crippen molar-refractivity contribution in [3.63, 3.8) is 0 Å². The highest BCUT2D eigenvalue weighted by Gasteiger charge is 2.45. The second kappa shape index (κ2) is 27.3. The van der Waals surface area contributed by atoms with E-state index in [4.69, 9.17) is 18.9 Å². The molecule has 0 saturated heterocycles. The molecule has 8 heteroatoms. The summed E-state index contributed by atoms with van der Waals surface area (Å²) in [5.41, 5.74) is 0.0199. The van der Waals surface area contributed by atoms with Crippen LogP contribution in [0.15, 0.2) is 24.3 Å². The van der Waals surface area contributed by atoms with Crippen LogP contribution in [-0.2, 0) is 28.5 Å². The van der Waals surface area contributed by atoms with E-state index in [1.165, 1.54) is 44.9 Å². The highest BCUT2D eigenvalue weighted by molar-refractivity contribution is 5.70. The van der Waals surface area contributed by atoms with Crippen LogP contribution in [0, 0.1) is 29.1 Å². The predicted molar refractivity (Wildman–Crippen MR) is 206 cm³/mol. The Kier molecular flexibility index (Phi) is 24.0. The van der Waals surface area contributed by atoms with Crippen molar-refractivity contribution < 1.29 is 33.3 Å². The van der Waals surface area contributed by atoms with Gasteiger partial charge in [0.05, 0.1) is 18.9 Å². The molecule has 294 valence electrons. The van der Waals surface area contributed by atoms with E-state index in [9.17, 15) is 14.4 Å². The summed E-state index contributed by atoms with van der Waals surface area (Å²) in [5.74, 6) is 1.02. The number of allylic oxidation sites excluding steroid dienone is 4.